The van der Waals surface area contributed by atoms with Gasteiger partial charge in [-0.25, -0.2) is 4.79 Å². The predicted molar refractivity (Wildman–Crippen MR) is 46.8 cm³/mol. The second kappa shape index (κ2) is 2.87. The SMILES string of the molecule is O=c1nnc2c([N+](=O)[O-])cccc2[nH]1. The Hall–Kier alpha value is -2.31. The van der Waals surface area contributed by atoms with Crippen LogP contribution in [-0.4, -0.2) is 20.1 Å². The molecule has 0 saturated heterocycles. The third-order valence-electron chi connectivity index (χ3n) is 1.69. The Kier molecular flexibility index (Phi) is 1.70. The molecule has 0 aliphatic carbocycles. The van der Waals surface area contributed by atoms with Crippen LogP contribution in [0.25, 0.3) is 11.0 Å². The standard InChI is InChI=1S/C7H4N4O3/c12-7-8-4-2-1-3-5(11(13)14)6(4)9-10-7/h1-3H,(H,8,10,12). The molecule has 1 N–H and O–H groups in total. The van der Waals surface area contributed by atoms with Crippen molar-refractivity contribution in [2.24, 2.45) is 0 Å². The molecule has 1 aromatic carbocycles. The fourth-order valence-electron chi connectivity index (χ4n) is 1.12. The lowest BCUT2D eigenvalue weighted by Crippen LogP contribution is -2.12. The van der Waals surface area contributed by atoms with Crippen molar-refractivity contribution in [3.05, 3.63) is 38.8 Å². The predicted octanol–water partition coefficient (Wildman–Crippen LogP) is 0.226. The van der Waals surface area contributed by atoms with Crippen molar-refractivity contribution < 1.29 is 4.92 Å². The van der Waals surface area contributed by atoms with Crippen molar-refractivity contribution >= 4 is 16.7 Å². The summed E-state index contributed by atoms with van der Waals surface area (Å²) in [4.78, 5) is 23.1. The highest BCUT2D eigenvalue weighted by Crippen LogP contribution is 2.19. The maximum Gasteiger partial charge on any atom is 0.364 e. The van der Waals surface area contributed by atoms with Crippen LogP contribution in [0.15, 0.2) is 23.0 Å². The Labute approximate surface area is 76.6 Å². The van der Waals surface area contributed by atoms with Crippen molar-refractivity contribution in [3.8, 4) is 0 Å². The number of hydrogen-bond acceptors (Lipinski definition) is 5. The monoisotopic (exact) mass is 192 g/mol. The lowest BCUT2D eigenvalue weighted by molar-refractivity contribution is -0.383. The van der Waals surface area contributed by atoms with Crippen LogP contribution in [0.5, 0.6) is 0 Å². The number of non-ortho nitro benzene ring substituents is 1. The Morgan fingerprint density at radius 3 is 2.86 bits per heavy atom. The zero-order chi connectivity index (χ0) is 10.1. The Balaban J connectivity index is 2.88. The van der Waals surface area contributed by atoms with E-state index in [1.54, 1.807) is 0 Å². The zero-order valence-corrected chi connectivity index (χ0v) is 6.80. The normalized spacial score (nSPS) is 10.3. The van der Waals surface area contributed by atoms with E-state index in [0.717, 1.165) is 0 Å². The second-order valence-electron chi connectivity index (χ2n) is 2.56. The number of fused-ring (bicyclic) bond motifs is 1. The van der Waals surface area contributed by atoms with Gasteiger partial charge in [0.15, 0.2) is 5.52 Å². The largest absolute Gasteiger partial charge is 0.364 e. The minimum Gasteiger partial charge on any atom is -0.302 e. The van der Waals surface area contributed by atoms with E-state index in [1.165, 1.54) is 18.2 Å². The van der Waals surface area contributed by atoms with E-state index in [9.17, 15) is 14.9 Å². The molecule has 0 bridgehead atoms. The maximum absolute atomic E-state index is 10.8. The van der Waals surface area contributed by atoms with Crippen LogP contribution in [0, 0.1) is 10.1 Å². The number of aromatic amines is 1. The summed E-state index contributed by atoms with van der Waals surface area (Å²) in [6, 6.07) is 4.30. The van der Waals surface area contributed by atoms with Crippen LogP contribution in [0.2, 0.25) is 0 Å². The van der Waals surface area contributed by atoms with E-state index in [2.05, 4.69) is 15.2 Å². The molecular weight excluding hydrogens is 188 g/mol. The van der Waals surface area contributed by atoms with Crippen LogP contribution in [0.4, 0.5) is 5.69 Å². The third-order valence-corrected chi connectivity index (χ3v) is 1.69. The van der Waals surface area contributed by atoms with Gasteiger partial charge in [-0.1, -0.05) is 11.2 Å². The van der Waals surface area contributed by atoms with Gasteiger partial charge in [-0.05, 0) is 6.07 Å². The molecule has 0 saturated carbocycles. The summed E-state index contributed by atoms with van der Waals surface area (Å²) >= 11 is 0. The molecule has 2 rings (SSSR count). The van der Waals surface area contributed by atoms with Gasteiger partial charge in [0.25, 0.3) is 5.69 Å². The smallest absolute Gasteiger partial charge is 0.302 e. The summed E-state index contributed by atoms with van der Waals surface area (Å²) in [6.45, 7) is 0. The number of nitrogens with zero attached hydrogens (tertiary/aromatic N) is 3. The van der Waals surface area contributed by atoms with Gasteiger partial charge >= 0.3 is 5.69 Å². The van der Waals surface area contributed by atoms with Gasteiger partial charge in [0.2, 0.25) is 0 Å². The highest BCUT2D eigenvalue weighted by molar-refractivity contribution is 5.82. The first-order valence-corrected chi connectivity index (χ1v) is 3.68. The van der Waals surface area contributed by atoms with E-state index in [4.69, 9.17) is 0 Å². The van der Waals surface area contributed by atoms with Gasteiger partial charge in [-0.15, -0.1) is 5.10 Å². The van der Waals surface area contributed by atoms with Gasteiger partial charge in [0, 0.05) is 6.07 Å². The molecule has 1 aromatic heterocycles. The number of nitro groups is 1. The molecular formula is C7H4N4O3. The molecule has 7 heteroatoms. The average molecular weight is 192 g/mol. The van der Waals surface area contributed by atoms with Crippen molar-refractivity contribution in [3.63, 3.8) is 0 Å². The lowest BCUT2D eigenvalue weighted by Gasteiger charge is -1.95. The minimum atomic E-state index is -0.627. The molecule has 7 nitrogen and oxygen atoms in total. The number of nitrogens with one attached hydrogen (secondary N) is 1. The molecule has 0 fully saturated rings. The molecule has 0 atom stereocenters. The third kappa shape index (κ3) is 1.20. The number of hydrogen-bond donors (Lipinski definition) is 1. The van der Waals surface area contributed by atoms with E-state index in [-0.39, 0.29) is 11.2 Å². The molecule has 0 radical (unpaired) electrons. The molecule has 0 spiro atoms. The summed E-state index contributed by atoms with van der Waals surface area (Å²) in [6.07, 6.45) is 0. The highest BCUT2D eigenvalue weighted by Gasteiger charge is 2.12. The van der Waals surface area contributed by atoms with Crippen molar-refractivity contribution in [2.75, 3.05) is 0 Å². The summed E-state index contributed by atoms with van der Waals surface area (Å²) in [5.41, 5.74) is -0.416. The van der Waals surface area contributed by atoms with Crippen molar-refractivity contribution in [2.45, 2.75) is 0 Å². The van der Waals surface area contributed by atoms with E-state index < -0.39 is 10.6 Å². The van der Waals surface area contributed by atoms with Gasteiger partial charge < -0.3 is 4.98 Å². The number of rotatable bonds is 1. The number of benzene rings is 1. The Bertz CT molecular complexity index is 562. The van der Waals surface area contributed by atoms with Gasteiger partial charge in [0.05, 0.1) is 10.4 Å². The van der Waals surface area contributed by atoms with E-state index in [1.807, 2.05) is 0 Å². The minimum absolute atomic E-state index is 0.0806. The summed E-state index contributed by atoms with van der Waals surface area (Å²) in [7, 11) is 0. The van der Waals surface area contributed by atoms with Gasteiger partial charge in [0.1, 0.15) is 0 Å². The van der Waals surface area contributed by atoms with E-state index >= 15 is 0 Å². The van der Waals surface area contributed by atoms with Crippen LogP contribution in [-0.2, 0) is 0 Å². The zero-order valence-electron chi connectivity index (χ0n) is 6.80. The van der Waals surface area contributed by atoms with Gasteiger partial charge in [-0.3, -0.25) is 10.1 Å². The Morgan fingerprint density at radius 2 is 2.14 bits per heavy atom. The first-order chi connectivity index (χ1) is 6.68. The summed E-state index contributed by atoms with van der Waals surface area (Å²) < 4.78 is 0. The summed E-state index contributed by atoms with van der Waals surface area (Å²) in [5.74, 6) is 0. The molecule has 0 aliphatic rings. The molecule has 0 unspecified atom stereocenters. The number of aromatic nitrogens is 3. The van der Waals surface area contributed by atoms with Crippen molar-refractivity contribution in [1.82, 2.24) is 15.2 Å². The van der Waals surface area contributed by atoms with E-state index in [0.29, 0.717) is 5.52 Å². The van der Waals surface area contributed by atoms with Crippen LogP contribution in [0.3, 0.4) is 0 Å². The number of H-pyrrole nitrogens is 1. The molecule has 2 aromatic rings. The lowest BCUT2D eigenvalue weighted by atomic mass is 10.3. The summed E-state index contributed by atoms with van der Waals surface area (Å²) in [5, 5.41) is 17.2. The van der Waals surface area contributed by atoms with Gasteiger partial charge in [-0.2, -0.15) is 0 Å². The van der Waals surface area contributed by atoms with Crippen LogP contribution < -0.4 is 5.69 Å². The molecule has 70 valence electrons. The Morgan fingerprint density at radius 1 is 1.36 bits per heavy atom. The molecule has 0 aliphatic heterocycles. The first-order valence-electron chi connectivity index (χ1n) is 3.68. The quantitative estimate of drug-likeness (QED) is 0.514. The number of nitro benzene ring substituents is 1. The maximum atomic E-state index is 10.8. The second-order valence-corrected chi connectivity index (χ2v) is 2.56. The fourth-order valence-corrected chi connectivity index (χ4v) is 1.12. The van der Waals surface area contributed by atoms with Crippen LogP contribution in [0.1, 0.15) is 0 Å². The first kappa shape index (κ1) is 8.30. The molecule has 14 heavy (non-hydrogen) atoms. The molecule has 0 amide bonds. The topological polar surface area (TPSA) is 102 Å². The molecule has 1 heterocycles. The fraction of sp³-hybridized carbons (Fsp3) is 0. The highest BCUT2D eigenvalue weighted by atomic mass is 16.6. The van der Waals surface area contributed by atoms with Crippen molar-refractivity contribution in [1.29, 1.82) is 0 Å². The van der Waals surface area contributed by atoms with Crippen LogP contribution >= 0.6 is 0 Å². The average Bonchev–Trinajstić information content (AvgIpc) is 2.16.